The number of amides is 1. The molecule has 0 fully saturated rings. The minimum absolute atomic E-state index is 0.450. The fourth-order valence-electron chi connectivity index (χ4n) is 3.36. The highest BCUT2D eigenvalue weighted by Gasteiger charge is 2.14. The average molecular weight is 398 g/mol. The van der Waals surface area contributed by atoms with Crippen LogP contribution in [-0.2, 0) is 12.8 Å². The summed E-state index contributed by atoms with van der Waals surface area (Å²) in [6.45, 7) is 1.91. The summed E-state index contributed by atoms with van der Waals surface area (Å²) in [5, 5.41) is 3.23. The van der Waals surface area contributed by atoms with E-state index < -0.39 is 5.91 Å². The first kappa shape index (κ1) is 19.4. The van der Waals surface area contributed by atoms with Crippen LogP contribution in [0.1, 0.15) is 27.4 Å². The lowest BCUT2D eigenvalue weighted by Crippen LogP contribution is -2.15. The van der Waals surface area contributed by atoms with Gasteiger partial charge in [0.2, 0.25) is 11.9 Å². The van der Waals surface area contributed by atoms with Crippen LogP contribution in [0.25, 0.3) is 11.1 Å². The van der Waals surface area contributed by atoms with Crippen LogP contribution in [0.15, 0.2) is 77.5 Å². The van der Waals surface area contributed by atoms with Gasteiger partial charge >= 0.3 is 0 Å². The molecule has 1 amide bonds. The second-order valence-corrected chi connectivity index (χ2v) is 6.99. The molecule has 0 aliphatic rings. The van der Waals surface area contributed by atoms with Crippen molar-refractivity contribution in [3.05, 3.63) is 95.7 Å². The van der Waals surface area contributed by atoms with Crippen molar-refractivity contribution in [3.8, 4) is 11.1 Å². The maximum Gasteiger partial charge on any atom is 0.249 e. The lowest BCUT2D eigenvalue weighted by Gasteiger charge is -2.14. The Morgan fingerprint density at radius 1 is 0.933 bits per heavy atom. The number of rotatable bonds is 7. The van der Waals surface area contributed by atoms with Crippen molar-refractivity contribution in [2.45, 2.75) is 19.8 Å². The van der Waals surface area contributed by atoms with Crippen molar-refractivity contribution >= 4 is 17.5 Å². The lowest BCUT2D eigenvalue weighted by atomic mass is 9.99. The van der Waals surface area contributed by atoms with E-state index in [0.717, 1.165) is 33.9 Å². The Morgan fingerprint density at radius 2 is 1.70 bits per heavy atom. The third kappa shape index (κ3) is 4.38. The second-order valence-electron chi connectivity index (χ2n) is 6.99. The van der Waals surface area contributed by atoms with Gasteiger partial charge in [-0.3, -0.25) is 4.79 Å². The van der Waals surface area contributed by atoms with Crippen LogP contribution >= 0.6 is 0 Å². The van der Waals surface area contributed by atoms with Gasteiger partial charge in [0, 0.05) is 35.6 Å². The third-order valence-corrected chi connectivity index (χ3v) is 4.86. The predicted molar refractivity (Wildman–Crippen MR) is 117 cm³/mol. The number of nitrogens with two attached hydrogens (primary N) is 1. The molecule has 150 valence electrons. The standard InChI is InChI=1S/C24H22N4O2/c1-16-10-11-19(30-16)12-13-20-21(23(25)29)8-5-9-22(20)28-24-26-14-18(15-27-24)17-6-3-2-4-7-17/h2-11,14-15H,12-13H2,1H3,(H2,25,29)(H,26,27,28). The Balaban J connectivity index is 1.58. The van der Waals surface area contributed by atoms with Crippen molar-refractivity contribution in [2.75, 3.05) is 5.32 Å². The monoisotopic (exact) mass is 398 g/mol. The Morgan fingerprint density at radius 3 is 2.37 bits per heavy atom. The molecule has 0 aliphatic carbocycles. The van der Waals surface area contributed by atoms with Crippen LogP contribution in [0.5, 0.6) is 0 Å². The number of hydrogen-bond donors (Lipinski definition) is 2. The number of aromatic nitrogens is 2. The molecule has 4 aromatic rings. The first-order valence-corrected chi connectivity index (χ1v) is 9.71. The van der Waals surface area contributed by atoms with Gasteiger partial charge in [0.25, 0.3) is 0 Å². The normalized spacial score (nSPS) is 10.7. The Kier molecular flexibility index (Phi) is 5.57. The Labute approximate surface area is 174 Å². The number of nitrogens with zero attached hydrogens (tertiary/aromatic N) is 2. The van der Waals surface area contributed by atoms with E-state index in [1.54, 1.807) is 24.5 Å². The molecule has 0 unspecified atom stereocenters. The van der Waals surface area contributed by atoms with Gasteiger partial charge in [0.1, 0.15) is 11.5 Å². The molecular formula is C24H22N4O2. The zero-order chi connectivity index (χ0) is 20.9. The van der Waals surface area contributed by atoms with Gasteiger partial charge < -0.3 is 15.5 Å². The summed E-state index contributed by atoms with van der Waals surface area (Å²) in [5.41, 5.74) is 9.64. The number of benzene rings is 2. The molecule has 6 nitrogen and oxygen atoms in total. The van der Waals surface area contributed by atoms with E-state index in [-0.39, 0.29) is 0 Å². The van der Waals surface area contributed by atoms with Crippen LogP contribution in [-0.4, -0.2) is 15.9 Å². The van der Waals surface area contributed by atoms with E-state index in [2.05, 4.69) is 15.3 Å². The topological polar surface area (TPSA) is 94.0 Å². The minimum Gasteiger partial charge on any atom is -0.466 e. The maximum atomic E-state index is 12.0. The van der Waals surface area contributed by atoms with Gasteiger partial charge in [-0.2, -0.15) is 0 Å². The first-order valence-electron chi connectivity index (χ1n) is 9.71. The molecule has 0 atom stereocenters. The zero-order valence-electron chi connectivity index (χ0n) is 16.6. The van der Waals surface area contributed by atoms with Crippen molar-refractivity contribution < 1.29 is 9.21 Å². The van der Waals surface area contributed by atoms with Crippen molar-refractivity contribution in [1.82, 2.24) is 9.97 Å². The van der Waals surface area contributed by atoms with Crippen LogP contribution in [0, 0.1) is 6.92 Å². The summed E-state index contributed by atoms with van der Waals surface area (Å²) in [7, 11) is 0. The molecule has 0 radical (unpaired) electrons. The number of nitrogens with one attached hydrogen (secondary N) is 1. The number of carbonyl (C=O) groups is 1. The number of furan rings is 1. The summed E-state index contributed by atoms with van der Waals surface area (Å²) in [6.07, 6.45) is 4.79. The SMILES string of the molecule is Cc1ccc(CCc2c(Nc3ncc(-c4ccccc4)cn3)cccc2C(N)=O)o1. The molecule has 3 N–H and O–H groups in total. The van der Waals surface area contributed by atoms with E-state index >= 15 is 0 Å². The largest absolute Gasteiger partial charge is 0.466 e. The quantitative estimate of drug-likeness (QED) is 0.472. The average Bonchev–Trinajstić information content (AvgIpc) is 3.19. The summed E-state index contributed by atoms with van der Waals surface area (Å²) in [4.78, 5) is 20.8. The Bertz CT molecular complexity index is 1150. The summed E-state index contributed by atoms with van der Waals surface area (Å²) >= 11 is 0. The third-order valence-electron chi connectivity index (χ3n) is 4.86. The van der Waals surface area contributed by atoms with Crippen LogP contribution < -0.4 is 11.1 Å². The van der Waals surface area contributed by atoms with Gasteiger partial charge in [0.15, 0.2) is 0 Å². The molecule has 4 rings (SSSR count). The molecule has 2 aromatic heterocycles. The maximum absolute atomic E-state index is 12.0. The molecule has 0 spiro atoms. The molecule has 0 aliphatic heterocycles. The van der Waals surface area contributed by atoms with E-state index in [1.165, 1.54) is 0 Å². The second kappa shape index (κ2) is 8.61. The highest BCUT2D eigenvalue weighted by atomic mass is 16.3. The minimum atomic E-state index is -0.468. The molecule has 0 bridgehead atoms. The number of carbonyl (C=O) groups excluding carboxylic acids is 1. The molecule has 0 saturated carbocycles. The summed E-state index contributed by atoms with van der Waals surface area (Å²) in [6, 6.07) is 19.2. The van der Waals surface area contributed by atoms with Crippen LogP contribution in [0.4, 0.5) is 11.6 Å². The van der Waals surface area contributed by atoms with Crippen LogP contribution in [0.2, 0.25) is 0 Å². The highest BCUT2D eigenvalue weighted by Crippen LogP contribution is 2.25. The number of hydrogen-bond acceptors (Lipinski definition) is 5. The molecule has 6 heteroatoms. The van der Waals surface area contributed by atoms with E-state index in [0.29, 0.717) is 24.4 Å². The van der Waals surface area contributed by atoms with Gasteiger partial charge in [0.05, 0.1) is 0 Å². The smallest absolute Gasteiger partial charge is 0.249 e. The lowest BCUT2D eigenvalue weighted by molar-refractivity contribution is 0.0999. The van der Waals surface area contributed by atoms with Gasteiger partial charge in [-0.25, -0.2) is 9.97 Å². The van der Waals surface area contributed by atoms with Crippen molar-refractivity contribution in [1.29, 1.82) is 0 Å². The van der Waals surface area contributed by atoms with Gasteiger partial charge in [-0.05, 0) is 48.7 Å². The van der Waals surface area contributed by atoms with Gasteiger partial charge in [-0.1, -0.05) is 36.4 Å². The summed E-state index contributed by atoms with van der Waals surface area (Å²) in [5.74, 6) is 1.70. The zero-order valence-corrected chi connectivity index (χ0v) is 16.6. The van der Waals surface area contributed by atoms with E-state index in [4.69, 9.17) is 10.2 Å². The fourth-order valence-corrected chi connectivity index (χ4v) is 3.36. The highest BCUT2D eigenvalue weighted by molar-refractivity contribution is 5.96. The molecule has 0 saturated heterocycles. The van der Waals surface area contributed by atoms with E-state index in [9.17, 15) is 4.79 Å². The van der Waals surface area contributed by atoms with Gasteiger partial charge in [-0.15, -0.1) is 0 Å². The van der Waals surface area contributed by atoms with E-state index in [1.807, 2.05) is 55.5 Å². The number of primary amides is 1. The Hall–Kier alpha value is -3.93. The molecule has 2 heterocycles. The number of anilines is 2. The molecule has 30 heavy (non-hydrogen) atoms. The summed E-state index contributed by atoms with van der Waals surface area (Å²) < 4.78 is 5.66. The first-order chi connectivity index (χ1) is 14.6. The van der Waals surface area contributed by atoms with Crippen molar-refractivity contribution in [3.63, 3.8) is 0 Å². The van der Waals surface area contributed by atoms with Crippen molar-refractivity contribution in [2.24, 2.45) is 5.73 Å². The fraction of sp³-hybridized carbons (Fsp3) is 0.125. The number of aryl methyl sites for hydroxylation is 2. The predicted octanol–water partition coefficient (Wildman–Crippen LogP) is 4.67. The van der Waals surface area contributed by atoms with Crippen LogP contribution in [0.3, 0.4) is 0 Å². The molecular weight excluding hydrogens is 376 g/mol. The molecule has 2 aromatic carbocycles.